The molecule has 4 atom stereocenters. The van der Waals surface area contributed by atoms with Crippen LogP contribution >= 0.6 is 0 Å². The largest absolute Gasteiger partial charge is 0.370 e. The third-order valence-corrected chi connectivity index (χ3v) is 5.72. The fourth-order valence-corrected chi connectivity index (χ4v) is 4.33. The van der Waals surface area contributed by atoms with E-state index in [0.717, 1.165) is 19.1 Å². The molecule has 4 unspecified atom stereocenters. The average molecular weight is 341 g/mol. The SMILES string of the molecule is CCCCCCCCC(CC1CCC2OC2C1)C(OCC)OCC. The van der Waals surface area contributed by atoms with Crippen molar-refractivity contribution >= 4 is 0 Å². The first-order chi connectivity index (χ1) is 11.8. The Balaban J connectivity index is 1.77. The highest BCUT2D eigenvalue weighted by Crippen LogP contribution is 2.42. The van der Waals surface area contributed by atoms with Crippen LogP contribution in [-0.2, 0) is 14.2 Å². The van der Waals surface area contributed by atoms with Gasteiger partial charge >= 0.3 is 0 Å². The molecule has 0 aromatic carbocycles. The third-order valence-electron chi connectivity index (χ3n) is 5.72. The third kappa shape index (κ3) is 7.01. The summed E-state index contributed by atoms with van der Waals surface area (Å²) in [5.41, 5.74) is 0. The summed E-state index contributed by atoms with van der Waals surface area (Å²) in [4.78, 5) is 0. The van der Waals surface area contributed by atoms with Crippen molar-refractivity contribution in [2.45, 2.75) is 110 Å². The molecular weight excluding hydrogens is 300 g/mol. The number of hydrogen-bond donors (Lipinski definition) is 0. The Hall–Kier alpha value is -0.120. The quantitative estimate of drug-likeness (QED) is 0.230. The summed E-state index contributed by atoms with van der Waals surface area (Å²) in [6.07, 6.45) is 15.7. The fourth-order valence-electron chi connectivity index (χ4n) is 4.33. The molecule has 3 heteroatoms. The number of epoxide rings is 1. The summed E-state index contributed by atoms with van der Waals surface area (Å²) in [5.74, 6) is 1.36. The summed E-state index contributed by atoms with van der Waals surface area (Å²) in [7, 11) is 0. The van der Waals surface area contributed by atoms with Crippen LogP contribution in [0.25, 0.3) is 0 Å². The molecule has 0 spiro atoms. The molecule has 0 aromatic rings. The molecular formula is C21H40O3. The minimum absolute atomic E-state index is 0.00603. The van der Waals surface area contributed by atoms with Crippen LogP contribution in [0.3, 0.4) is 0 Å². The Morgan fingerprint density at radius 1 is 0.875 bits per heavy atom. The Morgan fingerprint density at radius 2 is 1.58 bits per heavy atom. The molecule has 2 rings (SSSR count). The van der Waals surface area contributed by atoms with E-state index in [-0.39, 0.29) is 6.29 Å². The van der Waals surface area contributed by atoms with Crippen molar-refractivity contribution in [2.24, 2.45) is 11.8 Å². The first-order valence-corrected chi connectivity index (χ1v) is 10.7. The van der Waals surface area contributed by atoms with Gasteiger partial charge in [-0.3, -0.25) is 0 Å². The Kier molecular flexibility index (Phi) is 9.67. The molecule has 1 heterocycles. The van der Waals surface area contributed by atoms with E-state index >= 15 is 0 Å². The zero-order valence-corrected chi connectivity index (χ0v) is 16.3. The lowest BCUT2D eigenvalue weighted by atomic mass is 9.81. The van der Waals surface area contributed by atoms with E-state index in [1.807, 2.05) is 0 Å². The zero-order chi connectivity index (χ0) is 17.2. The van der Waals surface area contributed by atoms with Crippen molar-refractivity contribution in [3.8, 4) is 0 Å². The monoisotopic (exact) mass is 340 g/mol. The molecule has 0 aromatic heterocycles. The standard InChI is InChI=1S/C21H40O3/c1-4-7-8-9-10-11-12-18(21(22-5-2)23-6-3)15-17-13-14-19-20(16-17)24-19/h17-21H,4-16H2,1-3H3. The summed E-state index contributed by atoms with van der Waals surface area (Å²) in [6.45, 7) is 7.93. The van der Waals surface area contributed by atoms with Gasteiger partial charge < -0.3 is 14.2 Å². The summed E-state index contributed by atoms with van der Waals surface area (Å²) < 4.78 is 17.6. The molecule has 0 radical (unpaired) electrons. The van der Waals surface area contributed by atoms with Gasteiger partial charge in [0.05, 0.1) is 12.2 Å². The topological polar surface area (TPSA) is 31.0 Å². The minimum atomic E-state index is -0.00603. The molecule has 2 fully saturated rings. The van der Waals surface area contributed by atoms with Crippen molar-refractivity contribution in [3.05, 3.63) is 0 Å². The maximum Gasteiger partial charge on any atom is 0.160 e. The number of rotatable bonds is 14. The second-order valence-corrected chi connectivity index (χ2v) is 7.72. The Morgan fingerprint density at radius 3 is 2.25 bits per heavy atom. The van der Waals surface area contributed by atoms with Gasteiger partial charge in [0, 0.05) is 19.1 Å². The van der Waals surface area contributed by atoms with E-state index in [9.17, 15) is 0 Å². The van der Waals surface area contributed by atoms with E-state index < -0.39 is 0 Å². The second-order valence-electron chi connectivity index (χ2n) is 7.72. The number of ether oxygens (including phenoxy) is 3. The molecule has 1 saturated carbocycles. The summed E-state index contributed by atoms with van der Waals surface area (Å²) in [5, 5.41) is 0. The Bertz CT molecular complexity index is 314. The lowest BCUT2D eigenvalue weighted by molar-refractivity contribution is -0.172. The van der Waals surface area contributed by atoms with E-state index in [0.29, 0.717) is 18.1 Å². The molecule has 1 aliphatic heterocycles. The maximum atomic E-state index is 5.97. The lowest BCUT2D eigenvalue weighted by Crippen LogP contribution is -2.30. The second kappa shape index (κ2) is 11.5. The summed E-state index contributed by atoms with van der Waals surface area (Å²) in [6, 6.07) is 0. The van der Waals surface area contributed by atoms with Crippen LogP contribution in [0.15, 0.2) is 0 Å². The zero-order valence-electron chi connectivity index (χ0n) is 16.3. The van der Waals surface area contributed by atoms with Gasteiger partial charge in [0.25, 0.3) is 0 Å². The van der Waals surface area contributed by atoms with E-state index in [1.54, 1.807) is 0 Å². The van der Waals surface area contributed by atoms with Gasteiger partial charge in [-0.25, -0.2) is 0 Å². The molecule has 24 heavy (non-hydrogen) atoms. The van der Waals surface area contributed by atoms with E-state index in [2.05, 4.69) is 20.8 Å². The van der Waals surface area contributed by atoms with Crippen molar-refractivity contribution in [2.75, 3.05) is 13.2 Å². The van der Waals surface area contributed by atoms with Crippen LogP contribution in [0.2, 0.25) is 0 Å². The molecule has 0 amide bonds. The van der Waals surface area contributed by atoms with Crippen molar-refractivity contribution in [1.82, 2.24) is 0 Å². The molecule has 1 aliphatic carbocycles. The highest BCUT2D eigenvalue weighted by molar-refractivity contribution is 4.92. The van der Waals surface area contributed by atoms with Crippen LogP contribution < -0.4 is 0 Å². The van der Waals surface area contributed by atoms with Crippen LogP contribution in [0.4, 0.5) is 0 Å². The first kappa shape index (κ1) is 20.2. The molecule has 0 bridgehead atoms. The van der Waals surface area contributed by atoms with Crippen molar-refractivity contribution in [3.63, 3.8) is 0 Å². The molecule has 142 valence electrons. The lowest BCUT2D eigenvalue weighted by Gasteiger charge is -2.31. The van der Waals surface area contributed by atoms with Crippen LogP contribution in [0.5, 0.6) is 0 Å². The fraction of sp³-hybridized carbons (Fsp3) is 1.00. The van der Waals surface area contributed by atoms with E-state index in [4.69, 9.17) is 14.2 Å². The highest BCUT2D eigenvalue weighted by atomic mass is 16.7. The van der Waals surface area contributed by atoms with Crippen LogP contribution in [0.1, 0.15) is 91.4 Å². The van der Waals surface area contributed by atoms with Crippen LogP contribution in [0, 0.1) is 11.8 Å². The number of hydrogen-bond acceptors (Lipinski definition) is 3. The van der Waals surface area contributed by atoms with Gasteiger partial charge in [-0.1, -0.05) is 45.4 Å². The van der Waals surface area contributed by atoms with Gasteiger partial charge in [0.1, 0.15) is 0 Å². The normalized spacial score (nSPS) is 27.2. The van der Waals surface area contributed by atoms with Crippen LogP contribution in [-0.4, -0.2) is 31.7 Å². The molecule has 2 aliphatic rings. The van der Waals surface area contributed by atoms with Crippen molar-refractivity contribution < 1.29 is 14.2 Å². The van der Waals surface area contributed by atoms with Crippen molar-refractivity contribution in [1.29, 1.82) is 0 Å². The smallest absolute Gasteiger partial charge is 0.160 e. The number of fused-ring (bicyclic) bond motifs is 1. The minimum Gasteiger partial charge on any atom is -0.370 e. The van der Waals surface area contributed by atoms with Gasteiger partial charge in [0.2, 0.25) is 0 Å². The van der Waals surface area contributed by atoms with E-state index in [1.165, 1.54) is 70.6 Å². The molecule has 1 saturated heterocycles. The Labute approximate surface area is 149 Å². The van der Waals surface area contributed by atoms with Gasteiger partial charge in [-0.2, -0.15) is 0 Å². The molecule has 3 nitrogen and oxygen atoms in total. The average Bonchev–Trinajstić information content (AvgIpc) is 3.35. The van der Waals surface area contributed by atoms with Gasteiger partial charge in [-0.05, 0) is 51.9 Å². The maximum absolute atomic E-state index is 5.97. The summed E-state index contributed by atoms with van der Waals surface area (Å²) >= 11 is 0. The predicted octanol–water partition coefficient (Wildman–Crippen LogP) is 5.71. The number of unbranched alkanes of at least 4 members (excludes halogenated alkanes) is 5. The first-order valence-electron chi connectivity index (χ1n) is 10.7. The highest BCUT2D eigenvalue weighted by Gasteiger charge is 2.44. The predicted molar refractivity (Wildman–Crippen MR) is 99.1 cm³/mol. The molecule has 0 N–H and O–H groups in total. The van der Waals surface area contributed by atoms with Gasteiger partial charge in [0.15, 0.2) is 6.29 Å². The van der Waals surface area contributed by atoms with Gasteiger partial charge in [-0.15, -0.1) is 0 Å².